The minimum absolute atomic E-state index is 0.127. The minimum Gasteiger partial charge on any atom is -0.347 e. The Balaban J connectivity index is 1.52. The zero-order valence-electron chi connectivity index (χ0n) is 19.2. The van der Waals surface area contributed by atoms with Gasteiger partial charge in [-0.05, 0) is 53.9 Å². The number of aryl methyl sites for hydroxylation is 1. The number of fused-ring (bicyclic) bond motifs is 1. The lowest BCUT2D eigenvalue weighted by Crippen LogP contribution is -2.25. The summed E-state index contributed by atoms with van der Waals surface area (Å²) in [6.07, 6.45) is 2.13. The first-order chi connectivity index (χ1) is 16.5. The van der Waals surface area contributed by atoms with Crippen LogP contribution in [0.5, 0.6) is 0 Å². The predicted octanol–water partition coefficient (Wildman–Crippen LogP) is 5.69. The first-order valence-electron chi connectivity index (χ1n) is 11.5. The number of rotatable bonds is 9. The van der Waals surface area contributed by atoms with Crippen molar-refractivity contribution >= 4 is 28.4 Å². The number of nitrogens with one attached hydrogen (secondary N) is 2. The van der Waals surface area contributed by atoms with Crippen LogP contribution in [0.25, 0.3) is 10.9 Å². The highest BCUT2D eigenvalue weighted by atomic mass is 19.1. The van der Waals surface area contributed by atoms with E-state index in [4.69, 9.17) is 0 Å². The summed E-state index contributed by atoms with van der Waals surface area (Å²) >= 11 is 0. The summed E-state index contributed by atoms with van der Waals surface area (Å²) in [6, 6.07) is 23.2. The molecule has 0 aliphatic rings. The van der Waals surface area contributed by atoms with Gasteiger partial charge in [-0.2, -0.15) is 0 Å². The normalized spacial score (nSPS) is 10.9. The monoisotopic (exact) mass is 457 g/mol. The molecule has 6 heteroatoms. The second-order valence-electron chi connectivity index (χ2n) is 8.33. The van der Waals surface area contributed by atoms with E-state index in [-0.39, 0.29) is 24.1 Å². The van der Waals surface area contributed by atoms with Gasteiger partial charge in [-0.1, -0.05) is 55.8 Å². The van der Waals surface area contributed by atoms with Crippen LogP contribution in [0.1, 0.15) is 41.4 Å². The lowest BCUT2D eigenvalue weighted by Gasteiger charge is -2.11. The maximum atomic E-state index is 13.1. The molecule has 5 nitrogen and oxygen atoms in total. The van der Waals surface area contributed by atoms with Crippen molar-refractivity contribution < 1.29 is 14.0 Å². The third kappa shape index (κ3) is 5.70. The van der Waals surface area contributed by atoms with Gasteiger partial charge in [0.1, 0.15) is 11.5 Å². The van der Waals surface area contributed by atoms with E-state index in [1.807, 2.05) is 59.2 Å². The molecular formula is C28H28FN3O2. The van der Waals surface area contributed by atoms with Crippen LogP contribution in [-0.4, -0.2) is 16.4 Å². The van der Waals surface area contributed by atoms with Crippen LogP contribution in [0.15, 0.2) is 78.9 Å². The Bertz CT molecular complexity index is 1280. The third-order valence-electron chi connectivity index (χ3n) is 5.73. The fraction of sp³-hybridized carbons (Fsp3) is 0.214. The first kappa shape index (κ1) is 23.2. The molecule has 0 fully saturated rings. The Labute approximate surface area is 198 Å². The van der Waals surface area contributed by atoms with Crippen molar-refractivity contribution in [3.05, 3.63) is 102 Å². The van der Waals surface area contributed by atoms with Crippen molar-refractivity contribution in [1.29, 1.82) is 0 Å². The van der Waals surface area contributed by atoms with E-state index < -0.39 is 0 Å². The Morgan fingerprint density at radius 3 is 2.41 bits per heavy atom. The Kier molecular flexibility index (Phi) is 7.38. The summed E-state index contributed by atoms with van der Waals surface area (Å²) in [5, 5.41) is 6.81. The molecule has 0 saturated heterocycles. The standard InChI is InChI=1S/C28H28FN3O2/c1-2-3-15-32-25-14-13-24(31-27(33)16-20-9-11-23(29)12-10-20)17-22(25)18-26(32)28(34)30-19-21-7-5-4-6-8-21/h4-14,17-18H,2-3,15-16,19H2,1H3,(H,30,34)(H,31,33). The number of hydrogen-bond acceptors (Lipinski definition) is 2. The van der Waals surface area contributed by atoms with Gasteiger partial charge in [0, 0.05) is 29.7 Å². The van der Waals surface area contributed by atoms with E-state index >= 15 is 0 Å². The number of carbonyl (C=O) groups excluding carboxylic acids is 2. The van der Waals surface area contributed by atoms with E-state index in [9.17, 15) is 14.0 Å². The van der Waals surface area contributed by atoms with E-state index in [1.165, 1.54) is 12.1 Å². The number of halogens is 1. The molecular weight excluding hydrogens is 429 g/mol. The Morgan fingerprint density at radius 1 is 0.912 bits per heavy atom. The molecule has 4 aromatic rings. The second-order valence-corrected chi connectivity index (χ2v) is 8.33. The number of benzene rings is 3. The van der Waals surface area contributed by atoms with Crippen LogP contribution < -0.4 is 10.6 Å². The maximum absolute atomic E-state index is 13.1. The molecule has 0 radical (unpaired) electrons. The van der Waals surface area contributed by atoms with Crippen molar-refractivity contribution in [2.24, 2.45) is 0 Å². The van der Waals surface area contributed by atoms with E-state index in [0.29, 0.717) is 17.9 Å². The molecule has 1 heterocycles. The molecule has 0 bridgehead atoms. The van der Waals surface area contributed by atoms with Gasteiger partial charge in [0.25, 0.3) is 5.91 Å². The van der Waals surface area contributed by atoms with Crippen molar-refractivity contribution in [3.63, 3.8) is 0 Å². The van der Waals surface area contributed by atoms with Gasteiger partial charge in [0.15, 0.2) is 0 Å². The molecule has 2 amide bonds. The molecule has 1 aromatic heterocycles. The fourth-order valence-corrected chi connectivity index (χ4v) is 3.96. The molecule has 174 valence electrons. The number of hydrogen-bond donors (Lipinski definition) is 2. The highest BCUT2D eigenvalue weighted by Gasteiger charge is 2.16. The van der Waals surface area contributed by atoms with Gasteiger partial charge >= 0.3 is 0 Å². The number of amides is 2. The van der Waals surface area contributed by atoms with Crippen LogP contribution in [0.4, 0.5) is 10.1 Å². The summed E-state index contributed by atoms with van der Waals surface area (Å²) in [5.74, 6) is -0.638. The van der Waals surface area contributed by atoms with Gasteiger partial charge in [-0.3, -0.25) is 9.59 Å². The number of anilines is 1. The summed E-state index contributed by atoms with van der Waals surface area (Å²) in [6.45, 7) is 3.32. The Morgan fingerprint density at radius 2 is 1.68 bits per heavy atom. The molecule has 0 atom stereocenters. The number of nitrogens with zero attached hydrogens (tertiary/aromatic N) is 1. The second kappa shape index (κ2) is 10.8. The van der Waals surface area contributed by atoms with Crippen molar-refractivity contribution in [1.82, 2.24) is 9.88 Å². The van der Waals surface area contributed by atoms with Gasteiger partial charge < -0.3 is 15.2 Å². The maximum Gasteiger partial charge on any atom is 0.268 e. The Hall–Kier alpha value is -3.93. The average Bonchev–Trinajstić information content (AvgIpc) is 3.21. The minimum atomic E-state index is -0.328. The summed E-state index contributed by atoms with van der Waals surface area (Å²) in [7, 11) is 0. The lowest BCUT2D eigenvalue weighted by molar-refractivity contribution is -0.115. The average molecular weight is 458 g/mol. The topological polar surface area (TPSA) is 63.1 Å². The van der Waals surface area contributed by atoms with E-state index in [2.05, 4.69) is 17.6 Å². The van der Waals surface area contributed by atoms with Crippen molar-refractivity contribution in [3.8, 4) is 0 Å². The summed E-state index contributed by atoms with van der Waals surface area (Å²) in [5.41, 5.74) is 3.99. The highest BCUT2D eigenvalue weighted by Crippen LogP contribution is 2.25. The van der Waals surface area contributed by atoms with Crippen molar-refractivity contribution in [2.75, 3.05) is 5.32 Å². The third-order valence-corrected chi connectivity index (χ3v) is 5.73. The lowest BCUT2D eigenvalue weighted by atomic mass is 10.1. The van der Waals surface area contributed by atoms with Crippen LogP contribution in [0.2, 0.25) is 0 Å². The molecule has 4 rings (SSSR count). The van der Waals surface area contributed by atoms with Crippen molar-refractivity contribution in [2.45, 2.75) is 39.3 Å². The SMILES string of the molecule is CCCCn1c(C(=O)NCc2ccccc2)cc2cc(NC(=O)Cc3ccc(F)cc3)ccc21. The molecule has 0 saturated carbocycles. The van der Waals surface area contributed by atoms with Crippen LogP contribution in [0.3, 0.4) is 0 Å². The number of aromatic nitrogens is 1. The zero-order chi connectivity index (χ0) is 23.9. The van der Waals surface area contributed by atoms with Gasteiger partial charge in [-0.15, -0.1) is 0 Å². The van der Waals surface area contributed by atoms with Gasteiger partial charge in [-0.25, -0.2) is 4.39 Å². The zero-order valence-corrected chi connectivity index (χ0v) is 19.2. The van der Waals surface area contributed by atoms with Crippen LogP contribution in [0, 0.1) is 5.82 Å². The summed E-state index contributed by atoms with van der Waals surface area (Å²) in [4.78, 5) is 25.5. The van der Waals surface area contributed by atoms with E-state index in [0.717, 1.165) is 41.4 Å². The molecule has 0 spiro atoms. The molecule has 0 aliphatic heterocycles. The molecule has 2 N–H and O–H groups in total. The predicted molar refractivity (Wildman–Crippen MR) is 133 cm³/mol. The fourth-order valence-electron chi connectivity index (χ4n) is 3.96. The largest absolute Gasteiger partial charge is 0.347 e. The number of carbonyl (C=O) groups is 2. The smallest absolute Gasteiger partial charge is 0.268 e. The molecule has 3 aromatic carbocycles. The molecule has 0 aliphatic carbocycles. The number of unbranched alkanes of at least 4 members (excludes halogenated alkanes) is 1. The summed E-state index contributed by atoms with van der Waals surface area (Å²) < 4.78 is 15.1. The molecule has 0 unspecified atom stereocenters. The van der Waals surface area contributed by atoms with Gasteiger partial charge in [0.05, 0.1) is 6.42 Å². The van der Waals surface area contributed by atoms with Crippen LogP contribution >= 0.6 is 0 Å². The quantitative estimate of drug-likeness (QED) is 0.339. The van der Waals surface area contributed by atoms with Crippen LogP contribution in [-0.2, 0) is 24.3 Å². The van der Waals surface area contributed by atoms with E-state index in [1.54, 1.807) is 12.1 Å². The van der Waals surface area contributed by atoms with Gasteiger partial charge in [0.2, 0.25) is 5.91 Å². The first-order valence-corrected chi connectivity index (χ1v) is 11.5. The highest BCUT2D eigenvalue weighted by molar-refractivity contribution is 6.00. The molecule has 34 heavy (non-hydrogen) atoms.